The summed E-state index contributed by atoms with van der Waals surface area (Å²) in [5.74, 6) is 0.164. The highest BCUT2D eigenvalue weighted by molar-refractivity contribution is 5.84. The molecule has 1 aromatic carbocycles. The second-order valence-corrected chi connectivity index (χ2v) is 4.80. The fraction of sp³-hybridized carbons (Fsp3) is 0.214. The van der Waals surface area contributed by atoms with Gasteiger partial charge in [0.15, 0.2) is 16.9 Å². The van der Waals surface area contributed by atoms with Crippen LogP contribution in [-0.2, 0) is 11.3 Å². The third kappa shape index (κ3) is 3.16. The lowest BCUT2D eigenvalue weighted by molar-refractivity contribution is 0.154. The van der Waals surface area contributed by atoms with Crippen molar-refractivity contribution in [2.75, 3.05) is 12.0 Å². The number of H-pyrrole nitrogens is 1. The molecule has 1 amide bonds. The maximum Gasteiger partial charge on any atom is 0.425 e. The van der Waals surface area contributed by atoms with Crippen molar-refractivity contribution in [3.63, 3.8) is 0 Å². The highest BCUT2D eigenvalue weighted by Gasteiger charge is 2.15. The van der Waals surface area contributed by atoms with Crippen molar-refractivity contribution in [1.82, 2.24) is 30.6 Å². The average molecular weight is 329 g/mol. The number of hydrazine groups is 1. The zero-order chi connectivity index (χ0) is 16.9. The van der Waals surface area contributed by atoms with Gasteiger partial charge in [-0.05, 0) is 12.5 Å². The Morgan fingerprint density at radius 2 is 2.12 bits per heavy atom. The number of hydrogen-bond acceptors (Lipinski definition) is 7. The number of hydrogen-bond donors (Lipinski definition) is 3. The number of ether oxygens (including phenoxy) is 1. The highest BCUT2D eigenvalue weighted by Crippen LogP contribution is 2.14. The Morgan fingerprint density at radius 3 is 2.88 bits per heavy atom. The standard InChI is InChI=1S/C14H15N7O3/c1-2-24-14(23)19-17-12-10-11(13(22)18-16-12)21(20-15-10)8-9-6-4-3-5-7-9/h3-7H,2,8H2,1H3,(H,16,17)(H,18,22)(H,19,23). The van der Waals surface area contributed by atoms with E-state index in [2.05, 4.69) is 31.4 Å². The molecule has 24 heavy (non-hydrogen) atoms. The number of rotatable bonds is 5. The van der Waals surface area contributed by atoms with Gasteiger partial charge in [0.2, 0.25) is 0 Å². The number of carbonyl (C=O) groups excluding carboxylic acids is 1. The lowest BCUT2D eigenvalue weighted by Crippen LogP contribution is -2.31. The Bertz CT molecular complexity index is 904. The molecule has 0 saturated carbocycles. The molecule has 124 valence electrons. The number of aromatic nitrogens is 5. The number of amides is 1. The van der Waals surface area contributed by atoms with Gasteiger partial charge in [-0.15, -0.1) is 5.10 Å². The predicted octanol–water partition coefficient (Wildman–Crippen LogP) is 0.636. The summed E-state index contributed by atoms with van der Waals surface area (Å²) >= 11 is 0. The highest BCUT2D eigenvalue weighted by atomic mass is 16.5. The van der Waals surface area contributed by atoms with Crippen LogP contribution in [0.2, 0.25) is 0 Å². The quantitative estimate of drug-likeness (QED) is 0.586. The molecule has 0 aliphatic carbocycles. The number of benzene rings is 1. The van der Waals surface area contributed by atoms with Gasteiger partial charge in [0.1, 0.15) is 0 Å². The monoisotopic (exact) mass is 329 g/mol. The summed E-state index contributed by atoms with van der Waals surface area (Å²) in [6.45, 7) is 2.30. The lowest BCUT2D eigenvalue weighted by Gasteiger charge is -2.07. The van der Waals surface area contributed by atoms with E-state index in [4.69, 9.17) is 4.74 Å². The van der Waals surface area contributed by atoms with E-state index in [-0.39, 0.29) is 23.5 Å². The summed E-state index contributed by atoms with van der Waals surface area (Å²) in [4.78, 5) is 23.4. The molecule has 10 heteroatoms. The third-order valence-electron chi connectivity index (χ3n) is 3.18. The predicted molar refractivity (Wildman–Crippen MR) is 85.3 cm³/mol. The van der Waals surface area contributed by atoms with E-state index in [0.717, 1.165) is 5.56 Å². The van der Waals surface area contributed by atoms with Gasteiger partial charge >= 0.3 is 6.09 Å². The maximum absolute atomic E-state index is 12.1. The van der Waals surface area contributed by atoms with Crippen LogP contribution in [0.1, 0.15) is 12.5 Å². The van der Waals surface area contributed by atoms with Crippen molar-refractivity contribution in [2.45, 2.75) is 13.5 Å². The molecule has 3 N–H and O–H groups in total. The molecule has 10 nitrogen and oxygen atoms in total. The Hall–Kier alpha value is -3.43. The van der Waals surface area contributed by atoms with Crippen LogP contribution in [0.3, 0.4) is 0 Å². The molecule has 0 saturated heterocycles. The number of anilines is 1. The van der Waals surface area contributed by atoms with E-state index in [1.54, 1.807) is 6.92 Å². The molecule has 3 rings (SSSR count). The van der Waals surface area contributed by atoms with E-state index in [9.17, 15) is 9.59 Å². The molecular weight excluding hydrogens is 314 g/mol. The third-order valence-corrected chi connectivity index (χ3v) is 3.18. The van der Waals surface area contributed by atoms with E-state index in [1.165, 1.54) is 4.68 Å². The van der Waals surface area contributed by atoms with Crippen LogP contribution in [0.5, 0.6) is 0 Å². The molecule has 0 bridgehead atoms. The SMILES string of the molecule is CCOC(=O)NNc1n[nH]c(=O)c2c1nnn2Cc1ccccc1. The number of carbonyl (C=O) groups is 1. The van der Waals surface area contributed by atoms with Gasteiger partial charge in [-0.2, -0.15) is 5.10 Å². The van der Waals surface area contributed by atoms with Crippen LogP contribution in [0.15, 0.2) is 35.1 Å². The average Bonchev–Trinajstić information content (AvgIpc) is 3.00. The van der Waals surface area contributed by atoms with Gasteiger partial charge in [0.25, 0.3) is 5.56 Å². The van der Waals surface area contributed by atoms with Crippen LogP contribution in [0, 0.1) is 0 Å². The molecule has 3 aromatic rings. The van der Waals surface area contributed by atoms with Gasteiger partial charge in [-0.3, -0.25) is 10.2 Å². The molecule has 0 atom stereocenters. The van der Waals surface area contributed by atoms with Gasteiger partial charge in [-0.25, -0.2) is 20.0 Å². The number of nitrogens with one attached hydrogen (secondary N) is 3. The minimum Gasteiger partial charge on any atom is -0.449 e. The van der Waals surface area contributed by atoms with Crippen molar-refractivity contribution in [2.24, 2.45) is 0 Å². The Balaban J connectivity index is 1.90. The van der Waals surface area contributed by atoms with Crippen molar-refractivity contribution < 1.29 is 9.53 Å². The summed E-state index contributed by atoms with van der Waals surface area (Å²) in [7, 11) is 0. The minimum atomic E-state index is -0.671. The molecule has 0 aliphatic rings. The summed E-state index contributed by atoms with van der Waals surface area (Å²) < 4.78 is 6.20. The summed E-state index contributed by atoms with van der Waals surface area (Å²) in [5, 5.41) is 14.1. The summed E-state index contributed by atoms with van der Waals surface area (Å²) in [6.07, 6.45) is -0.671. The Morgan fingerprint density at radius 1 is 1.33 bits per heavy atom. The van der Waals surface area contributed by atoms with Crippen molar-refractivity contribution in [3.05, 3.63) is 46.2 Å². The van der Waals surface area contributed by atoms with Gasteiger partial charge in [-0.1, -0.05) is 35.5 Å². The number of nitrogens with zero attached hydrogens (tertiary/aromatic N) is 4. The zero-order valence-corrected chi connectivity index (χ0v) is 12.8. The topological polar surface area (TPSA) is 127 Å². The van der Waals surface area contributed by atoms with Crippen LogP contribution < -0.4 is 16.4 Å². The first-order valence-corrected chi connectivity index (χ1v) is 7.23. The Labute approximate surface area is 135 Å². The normalized spacial score (nSPS) is 10.5. The van der Waals surface area contributed by atoms with Gasteiger partial charge in [0, 0.05) is 0 Å². The molecule has 0 radical (unpaired) electrons. The lowest BCUT2D eigenvalue weighted by atomic mass is 10.2. The van der Waals surface area contributed by atoms with Crippen molar-refractivity contribution >= 4 is 22.9 Å². The van der Waals surface area contributed by atoms with Gasteiger partial charge in [0.05, 0.1) is 13.2 Å². The molecule has 0 unspecified atom stereocenters. The summed E-state index contributed by atoms with van der Waals surface area (Å²) in [5.41, 5.74) is 5.90. The van der Waals surface area contributed by atoms with Crippen LogP contribution >= 0.6 is 0 Å². The van der Waals surface area contributed by atoms with Crippen LogP contribution in [-0.4, -0.2) is 37.9 Å². The molecule has 0 aliphatic heterocycles. The first-order chi connectivity index (χ1) is 11.7. The number of fused-ring (bicyclic) bond motifs is 1. The molecule has 2 heterocycles. The first kappa shape index (κ1) is 15.5. The largest absolute Gasteiger partial charge is 0.449 e. The Kier molecular flexibility index (Phi) is 4.36. The second-order valence-electron chi connectivity index (χ2n) is 4.80. The van der Waals surface area contributed by atoms with Crippen molar-refractivity contribution in [1.29, 1.82) is 0 Å². The fourth-order valence-electron chi connectivity index (χ4n) is 2.14. The fourth-order valence-corrected chi connectivity index (χ4v) is 2.14. The van der Waals surface area contributed by atoms with Crippen LogP contribution in [0.4, 0.5) is 10.6 Å². The summed E-state index contributed by atoms with van der Waals surface area (Å²) in [6, 6.07) is 9.55. The van der Waals surface area contributed by atoms with E-state index >= 15 is 0 Å². The molecular formula is C14H15N7O3. The second kappa shape index (κ2) is 6.77. The minimum absolute atomic E-state index is 0.164. The zero-order valence-electron chi connectivity index (χ0n) is 12.8. The molecule has 0 spiro atoms. The van der Waals surface area contributed by atoms with E-state index in [1.807, 2.05) is 30.3 Å². The van der Waals surface area contributed by atoms with E-state index < -0.39 is 11.7 Å². The first-order valence-electron chi connectivity index (χ1n) is 7.23. The molecule has 0 fully saturated rings. The van der Waals surface area contributed by atoms with E-state index in [0.29, 0.717) is 6.54 Å². The van der Waals surface area contributed by atoms with Crippen LogP contribution in [0.25, 0.3) is 11.0 Å². The van der Waals surface area contributed by atoms with Crippen molar-refractivity contribution in [3.8, 4) is 0 Å². The molecule has 2 aromatic heterocycles. The number of aromatic amines is 1. The smallest absolute Gasteiger partial charge is 0.425 e. The van der Waals surface area contributed by atoms with Gasteiger partial charge < -0.3 is 4.74 Å². The maximum atomic E-state index is 12.1.